The van der Waals surface area contributed by atoms with Crippen molar-refractivity contribution in [2.75, 3.05) is 13.7 Å². The third kappa shape index (κ3) is 4.76. The van der Waals surface area contributed by atoms with Crippen LogP contribution < -0.4 is 10.1 Å². The summed E-state index contributed by atoms with van der Waals surface area (Å²) in [5, 5.41) is 12.6. The molecular weight excluding hydrogens is 290 g/mol. The molecule has 1 amide bonds. The van der Waals surface area contributed by atoms with Gasteiger partial charge in [-0.15, -0.1) is 0 Å². The number of benzene rings is 1. The molecule has 0 radical (unpaired) electrons. The minimum absolute atomic E-state index is 0.0633. The van der Waals surface area contributed by atoms with Crippen LogP contribution in [-0.4, -0.2) is 30.8 Å². The highest BCUT2D eigenvalue weighted by molar-refractivity contribution is 6.30. The molecule has 1 atom stereocenters. The second-order valence-electron chi connectivity index (χ2n) is 5.18. The number of methoxy groups -OCH3 is 1. The van der Waals surface area contributed by atoms with Gasteiger partial charge in [-0.05, 0) is 49.5 Å². The second kappa shape index (κ2) is 7.48. The molecule has 1 unspecified atom stereocenters. The summed E-state index contributed by atoms with van der Waals surface area (Å²) in [6.07, 6.45) is 6.00. The Labute approximate surface area is 129 Å². The van der Waals surface area contributed by atoms with E-state index in [4.69, 9.17) is 21.4 Å². The molecule has 114 valence electrons. The average molecular weight is 310 g/mol. The first-order chi connectivity index (χ1) is 10.1. The number of carbonyl (C=O) groups excluding carboxylic acids is 1. The maximum absolute atomic E-state index is 12.0. The summed E-state index contributed by atoms with van der Waals surface area (Å²) in [7, 11) is 1.57. The maximum atomic E-state index is 12.0. The van der Waals surface area contributed by atoms with Gasteiger partial charge in [0, 0.05) is 29.3 Å². The van der Waals surface area contributed by atoms with E-state index in [9.17, 15) is 4.79 Å². The van der Waals surface area contributed by atoms with Crippen molar-refractivity contribution in [2.24, 2.45) is 5.92 Å². The number of hydrogen-bond acceptors (Lipinski definition) is 3. The van der Waals surface area contributed by atoms with E-state index < -0.39 is 0 Å². The van der Waals surface area contributed by atoms with E-state index in [1.807, 2.05) is 0 Å². The van der Waals surface area contributed by atoms with Crippen molar-refractivity contribution in [3.63, 3.8) is 0 Å². The summed E-state index contributed by atoms with van der Waals surface area (Å²) in [4.78, 5) is 12.0. The minimum atomic E-state index is -0.164. The van der Waals surface area contributed by atoms with Crippen LogP contribution in [0.1, 0.15) is 24.8 Å². The SMILES string of the molecule is COc1ccc(Cl)cc1/C=C/C(=O)NC(CCO)C1CC1. The lowest BCUT2D eigenvalue weighted by Gasteiger charge is -2.15. The minimum Gasteiger partial charge on any atom is -0.496 e. The Bertz CT molecular complexity index is 526. The first-order valence-electron chi connectivity index (χ1n) is 7.07. The van der Waals surface area contributed by atoms with Gasteiger partial charge < -0.3 is 15.2 Å². The van der Waals surface area contributed by atoms with Crippen LogP contribution in [0.4, 0.5) is 0 Å². The number of carbonyl (C=O) groups is 1. The fourth-order valence-electron chi connectivity index (χ4n) is 2.30. The number of amides is 1. The van der Waals surface area contributed by atoms with Crippen LogP contribution in [0, 0.1) is 5.92 Å². The Hall–Kier alpha value is -1.52. The van der Waals surface area contributed by atoms with Gasteiger partial charge in [-0.25, -0.2) is 0 Å². The van der Waals surface area contributed by atoms with E-state index >= 15 is 0 Å². The highest BCUT2D eigenvalue weighted by Crippen LogP contribution is 2.33. The number of aliphatic hydroxyl groups excluding tert-OH is 1. The van der Waals surface area contributed by atoms with E-state index in [0.717, 1.165) is 18.4 Å². The summed E-state index contributed by atoms with van der Waals surface area (Å²) in [6, 6.07) is 5.31. The zero-order chi connectivity index (χ0) is 15.2. The van der Waals surface area contributed by atoms with Crippen molar-refractivity contribution in [3.05, 3.63) is 34.9 Å². The highest BCUT2D eigenvalue weighted by Gasteiger charge is 2.31. The fraction of sp³-hybridized carbons (Fsp3) is 0.438. The molecule has 0 saturated heterocycles. The molecule has 1 aromatic rings. The van der Waals surface area contributed by atoms with Crippen LogP contribution >= 0.6 is 11.6 Å². The third-order valence-electron chi connectivity index (χ3n) is 3.56. The standard InChI is InChI=1S/C16H20ClNO3/c1-21-15-6-5-13(17)10-12(15)4-7-16(20)18-14(8-9-19)11-2-3-11/h4-7,10-11,14,19H,2-3,8-9H2,1H3,(H,18,20)/b7-4+. The lowest BCUT2D eigenvalue weighted by atomic mass is 10.1. The molecule has 2 rings (SSSR count). The second-order valence-corrected chi connectivity index (χ2v) is 5.62. The molecule has 0 heterocycles. The van der Waals surface area contributed by atoms with Gasteiger partial charge in [0.1, 0.15) is 5.75 Å². The molecule has 1 saturated carbocycles. The van der Waals surface area contributed by atoms with Crippen molar-refractivity contribution in [1.29, 1.82) is 0 Å². The summed E-state index contributed by atoms with van der Waals surface area (Å²) >= 11 is 5.95. The van der Waals surface area contributed by atoms with Crippen molar-refractivity contribution in [3.8, 4) is 5.75 Å². The fourth-order valence-corrected chi connectivity index (χ4v) is 2.48. The van der Waals surface area contributed by atoms with E-state index in [1.54, 1.807) is 31.4 Å². The predicted octanol–water partition coefficient (Wildman–Crippen LogP) is 2.64. The monoisotopic (exact) mass is 309 g/mol. The Kier molecular flexibility index (Phi) is 5.65. The topological polar surface area (TPSA) is 58.6 Å². The van der Waals surface area contributed by atoms with E-state index in [0.29, 0.717) is 23.1 Å². The van der Waals surface area contributed by atoms with Gasteiger partial charge >= 0.3 is 0 Å². The summed E-state index contributed by atoms with van der Waals surface area (Å²) in [5.41, 5.74) is 0.755. The Balaban J connectivity index is 1.99. The van der Waals surface area contributed by atoms with Crippen molar-refractivity contribution < 1.29 is 14.6 Å². The van der Waals surface area contributed by atoms with Gasteiger partial charge in [-0.2, -0.15) is 0 Å². The molecule has 2 N–H and O–H groups in total. The normalized spacial score (nSPS) is 16.0. The van der Waals surface area contributed by atoms with Crippen LogP contribution in [0.2, 0.25) is 5.02 Å². The number of ether oxygens (including phenoxy) is 1. The zero-order valence-electron chi connectivity index (χ0n) is 12.0. The lowest BCUT2D eigenvalue weighted by molar-refractivity contribution is -0.117. The summed E-state index contributed by atoms with van der Waals surface area (Å²) in [5.74, 6) is 1.01. The first-order valence-corrected chi connectivity index (χ1v) is 7.45. The predicted molar refractivity (Wildman–Crippen MR) is 83.4 cm³/mol. The zero-order valence-corrected chi connectivity index (χ0v) is 12.8. The summed E-state index contributed by atoms with van der Waals surface area (Å²) < 4.78 is 5.23. The van der Waals surface area contributed by atoms with E-state index in [1.165, 1.54) is 6.08 Å². The van der Waals surface area contributed by atoms with Crippen LogP contribution in [0.3, 0.4) is 0 Å². The lowest BCUT2D eigenvalue weighted by Crippen LogP contribution is -2.36. The van der Waals surface area contributed by atoms with Crippen LogP contribution in [0.15, 0.2) is 24.3 Å². The smallest absolute Gasteiger partial charge is 0.244 e. The van der Waals surface area contributed by atoms with Crippen LogP contribution in [-0.2, 0) is 4.79 Å². The molecule has 1 aliphatic carbocycles. The summed E-state index contributed by atoms with van der Waals surface area (Å²) in [6.45, 7) is 0.0906. The molecule has 1 aliphatic rings. The van der Waals surface area contributed by atoms with Gasteiger partial charge in [-0.3, -0.25) is 4.79 Å². The molecule has 4 nitrogen and oxygen atoms in total. The molecule has 1 aromatic carbocycles. The van der Waals surface area contributed by atoms with Crippen LogP contribution in [0.25, 0.3) is 6.08 Å². The van der Waals surface area contributed by atoms with Crippen molar-refractivity contribution in [2.45, 2.75) is 25.3 Å². The van der Waals surface area contributed by atoms with Gasteiger partial charge in [0.05, 0.1) is 7.11 Å². The number of aliphatic hydroxyl groups is 1. The number of hydrogen-bond donors (Lipinski definition) is 2. The van der Waals surface area contributed by atoms with Gasteiger partial charge in [0.25, 0.3) is 0 Å². The first kappa shape index (κ1) is 15.9. The van der Waals surface area contributed by atoms with E-state index in [2.05, 4.69) is 5.32 Å². The quantitative estimate of drug-likeness (QED) is 0.761. The maximum Gasteiger partial charge on any atom is 0.244 e. The molecule has 1 fully saturated rings. The Morgan fingerprint density at radius 2 is 2.33 bits per heavy atom. The van der Waals surface area contributed by atoms with Gasteiger partial charge in [0.15, 0.2) is 0 Å². The molecule has 0 bridgehead atoms. The molecule has 21 heavy (non-hydrogen) atoms. The largest absolute Gasteiger partial charge is 0.496 e. The molecule has 0 aliphatic heterocycles. The van der Waals surface area contributed by atoms with E-state index in [-0.39, 0.29) is 18.6 Å². The van der Waals surface area contributed by atoms with Crippen molar-refractivity contribution in [1.82, 2.24) is 5.32 Å². The molecular formula is C16H20ClNO3. The molecule has 5 heteroatoms. The Morgan fingerprint density at radius 3 is 2.95 bits per heavy atom. The highest BCUT2D eigenvalue weighted by atomic mass is 35.5. The molecule has 0 aromatic heterocycles. The van der Waals surface area contributed by atoms with Gasteiger partial charge in [-0.1, -0.05) is 11.6 Å². The number of nitrogens with one attached hydrogen (secondary N) is 1. The molecule has 0 spiro atoms. The third-order valence-corrected chi connectivity index (χ3v) is 3.80. The van der Waals surface area contributed by atoms with Crippen molar-refractivity contribution >= 4 is 23.6 Å². The van der Waals surface area contributed by atoms with Gasteiger partial charge in [0.2, 0.25) is 5.91 Å². The number of halogens is 1. The average Bonchev–Trinajstić information content (AvgIpc) is 3.29. The Morgan fingerprint density at radius 1 is 1.57 bits per heavy atom. The number of rotatable bonds is 7. The van der Waals surface area contributed by atoms with Crippen LogP contribution in [0.5, 0.6) is 5.75 Å².